The van der Waals surface area contributed by atoms with Crippen molar-refractivity contribution in [2.45, 2.75) is 44.4 Å². The highest BCUT2D eigenvalue weighted by Gasteiger charge is 2.37. The van der Waals surface area contributed by atoms with Crippen LogP contribution in [0.3, 0.4) is 0 Å². The van der Waals surface area contributed by atoms with Gasteiger partial charge in [0.15, 0.2) is 0 Å². The minimum Gasteiger partial charge on any atom is -0.324 e. The molecule has 0 saturated heterocycles. The average molecular weight is 308 g/mol. The Labute approximate surface area is 135 Å². The fourth-order valence-corrected chi connectivity index (χ4v) is 3.85. The van der Waals surface area contributed by atoms with Crippen LogP contribution in [-0.2, 0) is 11.2 Å². The maximum atomic E-state index is 12.5. The van der Waals surface area contributed by atoms with Crippen LogP contribution in [0, 0.1) is 5.92 Å². The summed E-state index contributed by atoms with van der Waals surface area (Å²) in [6.07, 6.45) is 11.5. The Hall–Kier alpha value is -2.30. The first-order chi connectivity index (χ1) is 11.3. The van der Waals surface area contributed by atoms with E-state index in [1.54, 1.807) is 12.4 Å². The van der Waals surface area contributed by atoms with Crippen molar-refractivity contribution in [2.75, 3.05) is 5.32 Å². The molecule has 5 nitrogen and oxygen atoms in total. The molecule has 0 bridgehead atoms. The molecule has 118 valence electrons. The van der Waals surface area contributed by atoms with Gasteiger partial charge in [-0.1, -0.05) is 12.8 Å². The van der Waals surface area contributed by atoms with Crippen molar-refractivity contribution in [1.82, 2.24) is 15.0 Å². The van der Waals surface area contributed by atoms with Gasteiger partial charge in [0.1, 0.15) is 5.78 Å². The summed E-state index contributed by atoms with van der Waals surface area (Å²) < 4.78 is 0. The lowest BCUT2D eigenvalue weighted by molar-refractivity contribution is -0.122. The van der Waals surface area contributed by atoms with Gasteiger partial charge in [-0.25, -0.2) is 9.97 Å². The second-order valence-corrected chi connectivity index (χ2v) is 6.45. The Bertz CT molecular complexity index is 710. The van der Waals surface area contributed by atoms with Crippen LogP contribution in [0.1, 0.15) is 49.3 Å². The van der Waals surface area contributed by atoms with Crippen molar-refractivity contribution >= 4 is 17.4 Å². The van der Waals surface area contributed by atoms with Gasteiger partial charge in [0.25, 0.3) is 0 Å². The van der Waals surface area contributed by atoms with E-state index >= 15 is 0 Å². The van der Waals surface area contributed by atoms with Crippen molar-refractivity contribution in [2.24, 2.45) is 5.92 Å². The van der Waals surface area contributed by atoms with E-state index in [0.717, 1.165) is 36.2 Å². The van der Waals surface area contributed by atoms with Crippen molar-refractivity contribution in [3.63, 3.8) is 0 Å². The molecule has 0 aliphatic heterocycles. The number of ketones is 1. The van der Waals surface area contributed by atoms with Crippen LogP contribution in [0.2, 0.25) is 0 Å². The molecule has 2 heterocycles. The van der Waals surface area contributed by atoms with E-state index in [9.17, 15) is 4.79 Å². The molecule has 1 atom stereocenters. The molecule has 1 saturated carbocycles. The third-order valence-corrected chi connectivity index (χ3v) is 4.99. The molecule has 23 heavy (non-hydrogen) atoms. The van der Waals surface area contributed by atoms with E-state index in [4.69, 9.17) is 4.98 Å². The monoisotopic (exact) mass is 308 g/mol. The lowest BCUT2D eigenvalue weighted by Crippen LogP contribution is -2.27. The van der Waals surface area contributed by atoms with Gasteiger partial charge in [0.2, 0.25) is 5.95 Å². The molecule has 2 aliphatic rings. The fraction of sp³-hybridized carbons (Fsp3) is 0.444. The predicted octanol–water partition coefficient (Wildman–Crippen LogP) is 3.40. The molecule has 0 radical (unpaired) electrons. The first-order valence-electron chi connectivity index (χ1n) is 8.37. The number of aryl methyl sites for hydroxylation is 1. The zero-order chi connectivity index (χ0) is 15.6. The zero-order valence-electron chi connectivity index (χ0n) is 13.0. The lowest BCUT2D eigenvalue weighted by atomic mass is 9.77. The average Bonchev–Trinajstić information content (AvgIpc) is 3.09. The Balaban J connectivity index is 1.66. The number of nitrogens with zero attached hydrogens (tertiary/aromatic N) is 3. The zero-order valence-corrected chi connectivity index (χ0v) is 13.0. The van der Waals surface area contributed by atoms with Crippen LogP contribution >= 0.6 is 0 Å². The Morgan fingerprint density at radius 3 is 2.65 bits per heavy atom. The number of carbonyl (C=O) groups excluding carboxylic acids is 1. The van der Waals surface area contributed by atoms with E-state index in [1.165, 1.54) is 12.8 Å². The standard InChI is InChI=1S/C18H20N4O/c23-15-6-5-13-11-20-18(21-14-7-9-19-10-8-14)22-17(13)16(15)12-3-1-2-4-12/h7-12,16H,1-6H2,(H,19,20,21,22). The van der Waals surface area contributed by atoms with E-state index in [-0.39, 0.29) is 5.92 Å². The largest absolute Gasteiger partial charge is 0.324 e. The second kappa shape index (κ2) is 6.07. The first-order valence-corrected chi connectivity index (χ1v) is 8.37. The highest BCUT2D eigenvalue weighted by atomic mass is 16.1. The summed E-state index contributed by atoms with van der Waals surface area (Å²) in [5.74, 6) is 1.36. The summed E-state index contributed by atoms with van der Waals surface area (Å²) in [5, 5.41) is 3.21. The smallest absolute Gasteiger partial charge is 0.227 e. The number of carbonyl (C=O) groups is 1. The SMILES string of the molecule is O=C1CCc2cnc(Nc3ccncc3)nc2C1C1CCCC1. The molecule has 4 rings (SSSR count). The van der Waals surface area contributed by atoms with Crippen molar-refractivity contribution in [1.29, 1.82) is 0 Å². The quantitative estimate of drug-likeness (QED) is 0.941. The first kappa shape index (κ1) is 14.3. The van der Waals surface area contributed by atoms with E-state index in [0.29, 0.717) is 24.1 Å². The van der Waals surface area contributed by atoms with E-state index < -0.39 is 0 Å². The van der Waals surface area contributed by atoms with Gasteiger partial charge in [0.05, 0.1) is 11.6 Å². The molecule has 1 fully saturated rings. The van der Waals surface area contributed by atoms with Crippen LogP contribution in [-0.4, -0.2) is 20.7 Å². The molecule has 0 amide bonds. The number of hydrogen-bond acceptors (Lipinski definition) is 5. The molecule has 5 heteroatoms. The third-order valence-electron chi connectivity index (χ3n) is 4.99. The van der Waals surface area contributed by atoms with Crippen molar-refractivity contribution < 1.29 is 4.79 Å². The van der Waals surface area contributed by atoms with Crippen LogP contribution in [0.5, 0.6) is 0 Å². The van der Waals surface area contributed by atoms with Gasteiger partial charge in [-0.05, 0) is 42.9 Å². The number of anilines is 2. The van der Waals surface area contributed by atoms with Gasteiger partial charge >= 0.3 is 0 Å². The van der Waals surface area contributed by atoms with E-state index in [2.05, 4.69) is 15.3 Å². The molecule has 2 aliphatic carbocycles. The molecule has 2 aromatic rings. The number of pyridine rings is 1. The van der Waals surface area contributed by atoms with Crippen molar-refractivity contribution in [3.8, 4) is 0 Å². The number of rotatable bonds is 3. The van der Waals surface area contributed by atoms with E-state index in [1.807, 2.05) is 18.3 Å². The second-order valence-electron chi connectivity index (χ2n) is 6.45. The van der Waals surface area contributed by atoms with Crippen LogP contribution in [0.25, 0.3) is 0 Å². The molecule has 1 N–H and O–H groups in total. The maximum absolute atomic E-state index is 12.5. The third kappa shape index (κ3) is 2.83. The van der Waals surface area contributed by atoms with Crippen LogP contribution in [0.15, 0.2) is 30.7 Å². The lowest BCUT2D eigenvalue weighted by Gasteiger charge is -2.28. The maximum Gasteiger partial charge on any atom is 0.227 e. The molecule has 0 aromatic carbocycles. The van der Waals surface area contributed by atoms with Gasteiger partial charge in [-0.15, -0.1) is 0 Å². The fourth-order valence-electron chi connectivity index (χ4n) is 3.85. The number of hydrogen-bond donors (Lipinski definition) is 1. The minimum atomic E-state index is -0.0257. The summed E-state index contributed by atoms with van der Waals surface area (Å²) in [6, 6.07) is 3.75. The molecule has 2 aromatic heterocycles. The van der Waals surface area contributed by atoms with Gasteiger partial charge in [-0.2, -0.15) is 0 Å². The summed E-state index contributed by atoms with van der Waals surface area (Å²) in [4.78, 5) is 25.7. The summed E-state index contributed by atoms with van der Waals surface area (Å²) >= 11 is 0. The highest BCUT2D eigenvalue weighted by molar-refractivity contribution is 5.88. The summed E-state index contributed by atoms with van der Waals surface area (Å²) in [6.45, 7) is 0. The molecule has 0 spiro atoms. The van der Waals surface area contributed by atoms with Gasteiger partial charge in [0, 0.05) is 30.7 Å². The van der Waals surface area contributed by atoms with Gasteiger partial charge < -0.3 is 5.32 Å². The Kier molecular flexibility index (Phi) is 3.77. The number of fused-ring (bicyclic) bond motifs is 1. The summed E-state index contributed by atoms with van der Waals surface area (Å²) in [7, 11) is 0. The summed E-state index contributed by atoms with van der Waals surface area (Å²) in [5.41, 5.74) is 3.00. The Morgan fingerprint density at radius 1 is 1.09 bits per heavy atom. The van der Waals surface area contributed by atoms with Crippen LogP contribution in [0.4, 0.5) is 11.6 Å². The van der Waals surface area contributed by atoms with Crippen molar-refractivity contribution in [3.05, 3.63) is 42.0 Å². The van der Waals surface area contributed by atoms with Gasteiger partial charge in [-0.3, -0.25) is 9.78 Å². The number of aromatic nitrogens is 3. The van der Waals surface area contributed by atoms with Crippen LogP contribution < -0.4 is 5.32 Å². The number of nitrogens with one attached hydrogen (secondary N) is 1. The minimum absolute atomic E-state index is 0.0257. The highest BCUT2D eigenvalue weighted by Crippen LogP contribution is 2.41. The number of Topliss-reactive ketones (excluding diaryl/α,β-unsaturated/α-hetero) is 1. The Morgan fingerprint density at radius 2 is 1.87 bits per heavy atom. The normalized spacial score (nSPS) is 21.2. The molecular formula is C18H20N4O. The topological polar surface area (TPSA) is 67.8 Å². The molecule has 1 unspecified atom stereocenters. The molecular weight excluding hydrogens is 288 g/mol. The predicted molar refractivity (Wildman–Crippen MR) is 87.6 cm³/mol.